The van der Waals surface area contributed by atoms with Crippen molar-refractivity contribution >= 4 is 45.7 Å². The molecular formula is C20H23ClN6O2S2. The highest BCUT2D eigenvalue weighted by molar-refractivity contribution is 7.99. The number of halogens is 1. The largest absolute Gasteiger partial charge is 0.481 e. The maximum absolute atomic E-state index is 12.3. The van der Waals surface area contributed by atoms with Crippen molar-refractivity contribution in [1.82, 2.24) is 25.0 Å². The Labute approximate surface area is 194 Å². The number of rotatable bonds is 11. The number of benzene rings is 1. The fourth-order valence-corrected chi connectivity index (χ4v) is 4.49. The van der Waals surface area contributed by atoms with Crippen LogP contribution in [-0.4, -0.2) is 36.6 Å². The number of carbonyl (C=O) groups is 1. The molecule has 2 heterocycles. The maximum atomic E-state index is 12.3. The van der Waals surface area contributed by atoms with Crippen molar-refractivity contribution in [3.8, 4) is 5.75 Å². The second-order valence-corrected chi connectivity index (χ2v) is 8.93. The molecule has 0 aliphatic heterocycles. The number of para-hydroxylation sites is 1. The molecule has 1 aromatic carbocycles. The van der Waals surface area contributed by atoms with Crippen LogP contribution in [-0.2, 0) is 17.8 Å². The van der Waals surface area contributed by atoms with Crippen molar-refractivity contribution in [3.63, 3.8) is 0 Å². The van der Waals surface area contributed by atoms with E-state index >= 15 is 0 Å². The SMILES string of the molecule is C=CCn1c(SCC(=O)Nc2nnc(CCC)s2)nnc1C(C)Oc1ccccc1Cl. The summed E-state index contributed by atoms with van der Waals surface area (Å²) in [4.78, 5) is 12.3. The molecule has 0 aliphatic carbocycles. The maximum Gasteiger partial charge on any atom is 0.236 e. The second-order valence-electron chi connectivity index (χ2n) is 6.52. The molecule has 0 spiro atoms. The molecule has 2 aromatic heterocycles. The van der Waals surface area contributed by atoms with Gasteiger partial charge >= 0.3 is 0 Å². The second kappa shape index (κ2) is 11.3. The van der Waals surface area contributed by atoms with Crippen molar-refractivity contribution in [1.29, 1.82) is 0 Å². The molecular weight excluding hydrogens is 456 g/mol. The van der Waals surface area contributed by atoms with Crippen molar-refractivity contribution in [2.75, 3.05) is 11.1 Å². The van der Waals surface area contributed by atoms with E-state index in [1.165, 1.54) is 23.1 Å². The quantitative estimate of drug-likeness (QED) is 0.312. The van der Waals surface area contributed by atoms with E-state index in [9.17, 15) is 4.79 Å². The lowest BCUT2D eigenvalue weighted by Crippen LogP contribution is -2.15. The van der Waals surface area contributed by atoms with Crippen LogP contribution < -0.4 is 10.1 Å². The summed E-state index contributed by atoms with van der Waals surface area (Å²) in [6.45, 7) is 8.23. The molecule has 3 aromatic rings. The fraction of sp³-hybridized carbons (Fsp3) is 0.350. The Hall–Kier alpha value is -2.43. The Kier molecular flexibility index (Phi) is 8.44. The van der Waals surface area contributed by atoms with Gasteiger partial charge in [-0.3, -0.25) is 14.7 Å². The molecule has 0 aliphatic rings. The predicted octanol–water partition coefficient (Wildman–Crippen LogP) is 4.79. The van der Waals surface area contributed by atoms with Gasteiger partial charge < -0.3 is 4.74 Å². The van der Waals surface area contributed by atoms with Gasteiger partial charge in [-0.2, -0.15) is 0 Å². The highest BCUT2D eigenvalue weighted by Crippen LogP contribution is 2.29. The van der Waals surface area contributed by atoms with Crippen molar-refractivity contribution in [2.24, 2.45) is 0 Å². The summed E-state index contributed by atoms with van der Waals surface area (Å²) in [5, 5.41) is 21.9. The number of anilines is 1. The average molecular weight is 479 g/mol. The summed E-state index contributed by atoms with van der Waals surface area (Å²) in [7, 11) is 0. The zero-order valence-corrected chi connectivity index (χ0v) is 19.6. The molecule has 0 fully saturated rings. The van der Waals surface area contributed by atoms with E-state index in [1.807, 2.05) is 23.6 Å². The number of ether oxygens (including phenoxy) is 1. The van der Waals surface area contributed by atoms with E-state index in [-0.39, 0.29) is 11.7 Å². The first-order valence-electron chi connectivity index (χ1n) is 9.72. The number of allylic oxidation sites excluding steroid dienone is 1. The van der Waals surface area contributed by atoms with Gasteiger partial charge in [0.05, 0.1) is 10.8 Å². The van der Waals surface area contributed by atoms with Gasteiger partial charge in [-0.1, -0.05) is 59.8 Å². The number of aryl methyl sites for hydroxylation is 1. The molecule has 1 amide bonds. The molecule has 8 nitrogen and oxygen atoms in total. The van der Waals surface area contributed by atoms with E-state index in [0.29, 0.717) is 33.4 Å². The minimum absolute atomic E-state index is 0.164. The summed E-state index contributed by atoms with van der Waals surface area (Å²) in [6.07, 6.45) is 3.19. The van der Waals surface area contributed by atoms with Gasteiger partial charge in [-0.15, -0.1) is 27.0 Å². The lowest BCUT2D eigenvalue weighted by atomic mass is 10.3. The van der Waals surface area contributed by atoms with Crippen LogP contribution in [0.4, 0.5) is 5.13 Å². The molecule has 0 bridgehead atoms. The van der Waals surface area contributed by atoms with Gasteiger partial charge in [0.25, 0.3) is 0 Å². The van der Waals surface area contributed by atoms with Gasteiger partial charge in [-0.05, 0) is 25.5 Å². The number of thioether (sulfide) groups is 1. The third-order valence-corrected chi connectivity index (χ3v) is 6.25. The van der Waals surface area contributed by atoms with Crippen molar-refractivity contribution < 1.29 is 9.53 Å². The van der Waals surface area contributed by atoms with Gasteiger partial charge in [0, 0.05) is 13.0 Å². The number of hydrogen-bond acceptors (Lipinski definition) is 8. The molecule has 31 heavy (non-hydrogen) atoms. The van der Waals surface area contributed by atoms with E-state index in [4.69, 9.17) is 16.3 Å². The molecule has 164 valence electrons. The summed E-state index contributed by atoms with van der Waals surface area (Å²) in [5.74, 6) is 1.17. The molecule has 1 atom stereocenters. The van der Waals surface area contributed by atoms with Crippen LogP contribution >= 0.6 is 34.7 Å². The number of nitrogens with zero attached hydrogens (tertiary/aromatic N) is 5. The van der Waals surface area contributed by atoms with E-state index < -0.39 is 6.10 Å². The Morgan fingerprint density at radius 1 is 1.35 bits per heavy atom. The van der Waals surface area contributed by atoms with Crippen LogP contribution in [0.1, 0.15) is 37.2 Å². The van der Waals surface area contributed by atoms with Crippen LogP contribution in [0, 0.1) is 0 Å². The van der Waals surface area contributed by atoms with Gasteiger partial charge in [0.1, 0.15) is 10.8 Å². The van der Waals surface area contributed by atoms with Crippen LogP contribution in [0.2, 0.25) is 5.02 Å². The predicted molar refractivity (Wildman–Crippen MR) is 124 cm³/mol. The topological polar surface area (TPSA) is 94.8 Å². The van der Waals surface area contributed by atoms with Crippen LogP contribution in [0.15, 0.2) is 42.1 Å². The number of nitrogens with one attached hydrogen (secondary N) is 1. The Morgan fingerprint density at radius 3 is 2.90 bits per heavy atom. The number of hydrogen-bond donors (Lipinski definition) is 1. The standard InChI is InChI=1S/C20H23ClN6O2S2/c1-4-8-17-23-25-19(31-17)22-16(28)12-30-20-26-24-18(27(20)11-5-2)13(3)29-15-10-7-6-9-14(15)21/h5-7,9-10,13H,2,4,8,11-12H2,1,3H3,(H,22,25,28). The average Bonchev–Trinajstić information content (AvgIpc) is 3.35. The minimum Gasteiger partial charge on any atom is -0.481 e. The van der Waals surface area contributed by atoms with Crippen LogP contribution in [0.5, 0.6) is 5.75 Å². The lowest BCUT2D eigenvalue weighted by molar-refractivity contribution is -0.113. The summed E-state index contributed by atoms with van der Waals surface area (Å²) in [5.41, 5.74) is 0. The molecule has 3 rings (SSSR count). The highest BCUT2D eigenvalue weighted by atomic mass is 35.5. The first-order valence-corrected chi connectivity index (χ1v) is 11.9. The first-order chi connectivity index (χ1) is 15.0. The van der Waals surface area contributed by atoms with Crippen LogP contribution in [0.3, 0.4) is 0 Å². The lowest BCUT2D eigenvalue weighted by Gasteiger charge is -2.16. The molecule has 0 radical (unpaired) electrons. The Balaban J connectivity index is 1.64. The molecule has 11 heteroatoms. The monoisotopic (exact) mass is 478 g/mol. The molecule has 1 unspecified atom stereocenters. The molecule has 0 saturated heterocycles. The number of amides is 1. The molecule has 0 saturated carbocycles. The van der Waals surface area contributed by atoms with E-state index in [1.54, 1.807) is 18.2 Å². The first kappa shape index (κ1) is 23.2. The van der Waals surface area contributed by atoms with Crippen molar-refractivity contribution in [3.05, 3.63) is 52.8 Å². The van der Waals surface area contributed by atoms with E-state index in [0.717, 1.165) is 17.8 Å². The summed E-state index contributed by atoms with van der Waals surface area (Å²) in [6, 6.07) is 7.26. The fourth-order valence-electron chi connectivity index (χ4n) is 2.70. The van der Waals surface area contributed by atoms with Gasteiger partial charge in [0.15, 0.2) is 17.1 Å². The molecule has 1 N–H and O–H groups in total. The Morgan fingerprint density at radius 2 is 2.16 bits per heavy atom. The smallest absolute Gasteiger partial charge is 0.236 e. The zero-order valence-electron chi connectivity index (χ0n) is 17.2. The Bertz CT molecular complexity index is 1040. The number of aromatic nitrogens is 5. The normalized spacial score (nSPS) is 11.8. The van der Waals surface area contributed by atoms with Gasteiger partial charge in [-0.25, -0.2) is 0 Å². The van der Waals surface area contributed by atoms with E-state index in [2.05, 4.69) is 39.2 Å². The van der Waals surface area contributed by atoms with Crippen molar-refractivity contribution in [2.45, 2.75) is 44.5 Å². The highest BCUT2D eigenvalue weighted by Gasteiger charge is 2.20. The minimum atomic E-state index is -0.395. The summed E-state index contributed by atoms with van der Waals surface area (Å²) < 4.78 is 7.84. The van der Waals surface area contributed by atoms with Gasteiger partial charge in [0.2, 0.25) is 11.0 Å². The third-order valence-electron chi connectivity index (χ3n) is 4.07. The zero-order chi connectivity index (χ0) is 22.2. The third kappa shape index (κ3) is 6.28. The van der Waals surface area contributed by atoms with Crippen LogP contribution in [0.25, 0.3) is 0 Å². The number of carbonyl (C=O) groups excluding carboxylic acids is 1. The summed E-state index contributed by atoms with van der Waals surface area (Å²) >= 11 is 8.87.